The van der Waals surface area contributed by atoms with Crippen LogP contribution in [0, 0.1) is 5.92 Å². The van der Waals surface area contributed by atoms with Gasteiger partial charge >= 0.3 is 5.97 Å². The highest BCUT2D eigenvalue weighted by Crippen LogP contribution is 2.22. The monoisotopic (exact) mass is 292 g/mol. The van der Waals surface area contributed by atoms with Crippen molar-refractivity contribution in [3.63, 3.8) is 0 Å². The lowest BCUT2D eigenvalue weighted by atomic mass is 9.95. The van der Waals surface area contributed by atoms with E-state index in [0.29, 0.717) is 32.0 Å². The molecule has 0 aliphatic carbocycles. The van der Waals surface area contributed by atoms with Crippen molar-refractivity contribution >= 4 is 16.0 Å². The number of esters is 1. The second-order valence-electron chi connectivity index (χ2n) is 4.92. The maximum Gasteiger partial charge on any atom is 0.305 e. The number of nitrogens with zero attached hydrogens (tertiary/aromatic N) is 1. The number of carbonyl (C=O) groups excluding carboxylic acids is 1. The average Bonchev–Trinajstić information content (AvgIpc) is 2.39. The minimum absolute atomic E-state index is 0.0175. The largest absolute Gasteiger partial charge is 0.469 e. The molecule has 19 heavy (non-hydrogen) atoms. The van der Waals surface area contributed by atoms with Gasteiger partial charge in [0.2, 0.25) is 10.0 Å². The summed E-state index contributed by atoms with van der Waals surface area (Å²) >= 11 is 0. The molecule has 1 aliphatic rings. The van der Waals surface area contributed by atoms with Crippen molar-refractivity contribution in [2.75, 3.05) is 32.5 Å². The van der Waals surface area contributed by atoms with E-state index < -0.39 is 10.0 Å². The Labute approximate surface area is 115 Å². The highest BCUT2D eigenvalue weighted by molar-refractivity contribution is 7.89. The number of hydrogen-bond acceptors (Lipinski definition) is 5. The van der Waals surface area contributed by atoms with Gasteiger partial charge < -0.3 is 10.5 Å². The van der Waals surface area contributed by atoms with E-state index in [0.717, 1.165) is 19.3 Å². The second kappa shape index (κ2) is 7.81. The van der Waals surface area contributed by atoms with Crippen molar-refractivity contribution in [1.29, 1.82) is 0 Å². The van der Waals surface area contributed by atoms with Crippen LogP contribution in [0.2, 0.25) is 0 Å². The number of methoxy groups -OCH3 is 1. The van der Waals surface area contributed by atoms with Gasteiger partial charge in [-0.15, -0.1) is 0 Å². The van der Waals surface area contributed by atoms with Crippen molar-refractivity contribution in [2.45, 2.75) is 32.1 Å². The number of rotatable bonds is 7. The Bertz CT molecular complexity index is 375. The molecule has 1 heterocycles. The average molecular weight is 292 g/mol. The van der Waals surface area contributed by atoms with Crippen LogP contribution in [0.3, 0.4) is 0 Å². The number of carbonyl (C=O) groups is 1. The first-order valence-corrected chi connectivity index (χ1v) is 8.35. The molecule has 6 nitrogen and oxygen atoms in total. The minimum atomic E-state index is -3.23. The molecule has 0 radical (unpaired) electrons. The van der Waals surface area contributed by atoms with E-state index in [1.165, 1.54) is 11.4 Å². The van der Waals surface area contributed by atoms with Crippen molar-refractivity contribution in [2.24, 2.45) is 11.7 Å². The number of sulfonamides is 1. The van der Waals surface area contributed by atoms with Crippen LogP contribution >= 0.6 is 0 Å². The lowest BCUT2D eigenvalue weighted by molar-refractivity contribution is -0.140. The quantitative estimate of drug-likeness (QED) is 0.683. The molecule has 0 spiro atoms. The summed E-state index contributed by atoms with van der Waals surface area (Å²) in [6.45, 7) is 1.81. The van der Waals surface area contributed by atoms with Crippen molar-refractivity contribution < 1.29 is 17.9 Å². The summed E-state index contributed by atoms with van der Waals surface area (Å²) in [7, 11) is -1.93. The summed E-state index contributed by atoms with van der Waals surface area (Å²) in [5, 5.41) is 0. The molecule has 0 saturated carbocycles. The van der Waals surface area contributed by atoms with E-state index in [-0.39, 0.29) is 18.1 Å². The fourth-order valence-electron chi connectivity index (χ4n) is 2.34. The number of ether oxygens (including phenoxy) is 1. The Balaban J connectivity index is 2.36. The first-order valence-electron chi connectivity index (χ1n) is 6.74. The molecule has 0 aromatic rings. The smallest absolute Gasteiger partial charge is 0.305 e. The molecule has 0 unspecified atom stereocenters. The summed E-state index contributed by atoms with van der Waals surface area (Å²) < 4.78 is 30.2. The topological polar surface area (TPSA) is 89.7 Å². The SMILES string of the molecule is COC(=O)CCCS(=O)(=O)N1CCC(CCN)CC1. The molecule has 1 saturated heterocycles. The summed E-state index contributed by atoms with van der Waals surface area (Å²) in [6, 6.07) is 0. The Morgan fingerprint density at radius 3 is 2.53 bits per heavy atom. The molecule has 1 aliphatic heterocycles. The third-order valence-electron chi connectivity index (χ3n) is 3.55. The van der Waals surface area contributed by atoms with Gasteiger partial charge in [-0.05, 0) is 38.1 Å². The highest BCUT2D eigenvalue weighted by atomic mass is 32.2. The van der Waals surface area contributed by atoms with E-state index in [1.54, 1.807) is 0 Å². The number of piperidine rings is 1. The van der Waals surface area contributed by atoms with Crippen LogP contribution in [0.4, 0.5) is 0 Å². The van der Waals surface area contributed by atoms with E-state index in [9.17, 15) is 13.2 Å². The molecule has 112 valence electrons. The fourth-order valence-corrected chi connectivity index (χ4v) is 3.88. The van der Waals surface area contributed by atoms with E-state index in [4.69, 9.17) is 5.73 Å². The standard InChI is InChI=1S/C12H24N2O4S/c1-18-12(15)3-2-10-19(16,17)14-8-5-11(4-7-13)6-9-14/h11H,2-10,13H2,1H3. The molecule has 0 bridgehead atoms. The number of hydrogen-bond donors (Lipinski definition) is 1. The number of nitrogens with two attached hydrogens (primary N) is 1. The van der Waals surface area contributed by atoms with Crippen molar-refractivity contribution in [1.82, 2.24) is 4.31 Å². The minimum Gasteiger partial charge on any atom is -0.469 e. The normalized spacial score (nSPS) is 18.4. The zero-order valence-corrected chi connectivity index (χ0v) is 12.3. The molecule has 7 heteroatoms. The second-order valence-corrected chi connectivity index (χ2v) is 7.00. The van der Waals surface area contributed by atoms with Crippen LogP contribution in [0.1, 0.15) is 32.1 Å². The summed E-state index contributed by atoms with van der Waals surface area (Å²) in [4.78, 5) is 10.9. The van der Waals surface area contributed by atoms with Gasteiger partial charge in [-0.25, -0.2) is 12.7 Å². The lowest BCUT2D eigenvalue weighted by Gasteiger charge is -2.31. The van der Waals surface area contributed by atoms with Crippen LogP contribution in [-0.2, 0) is 19.6 Å². The summed E-state index contributed by atoms with van der Waals surface area (Å²) in [5.74, 6) is 0.201. The van der Waals surface area contributed by atoms with Crippen LogP contribution < -0.4 is 5.73 Å². The molecule has 0 aromatic carbocycles. The van der Waals surface area contributed by atoms with Crippen molar-refractivity contribution in [3.05, 3.63) is 0 Å². The molecule has 0 aromatic heterocycles. The molecule has 1 rings (SSSR count). The van der Waals surface area contributed by atoms with Gasteiger partial charge in [0.05, 0.1) is 12.9 Å². The third-order valence-corrected chi connectivity index (χ3v) is 5.51. The maximum atomic E-state index is 12.1. The molecule has 0 atom stereocenters. The van der Waals surface area contributed by atoms with Crippen LogP contribution in [-0.4, -0.2) is 51.2 Å². The lowest BCUT2D eigenvalue weighted by Crippen LogP contribution is -2.40. The van der Waals surface area contributed by atoms with Crippen LogP contribution in [0.25, 0.3) is 0 Å². The zero-order chi connectivity index (χ0) is 14.3. The van der Waals surface area contributed by atoms with Crippen LogP contribution in [0.15, 0.2) is 0 Å². The van der Waals surface area contributed by atoms with Gasteiger partial charge in [0.25, 0.3) is 0 Å². The highest BCUT2D eigenvalue weighted by Gasteiger charge is 2.27. The Hall–Kier alpha value is -0.660. The van der Waals surface area contributed by atoms with E-state index in [2.05, 4.69) is 4.74 Å². The molecule has 0 amide bonds. The Kier molecular flexibility index (Phi) is 6.74. The summed E-state index contributed by atoms with van der Waals surface area (Å²) in [6.07, 6.45) is 3.20. The maximum absolute atomic E-state index is 12.1. The first kappa shape index (κ1) is 16.4. The molecule has 2 N–H and O–H groups in total. The zero-order valence-electron chi connectivity index (χ0n) is 11.5. The van der Waals surface area contributed by atoms with Gasteiger partial charge in [-0.2, -0.15) is 0 Å². The van der Waals surface area contributed by atoms with Gasteiger partial charge in [0.15, 0.2) is 0 Å². The fraction of sp³-hybridized carbons (Fsp3) is 0.917. The van der Waals surface area contributed by atoms with E-state index >= 15 is 0 Å². The Morgan fingerprint density at radius 2 is 2.00 bits per heavy atom. The van der Waals surface area contributed by atoms with Gasteiger partial charge in [-0.1, -0.05) is 0 Å². The van der Waals surface area contributed by atoms with Crippen LogP contribution in [0.5, 0.6) is 0 Å². The van der Waals surface area contributed by atoms with Gasteiger partial charge in [0.1, 0.15) is 0 Å². The van der Waals surface area contributed by atoms with Gasteiger partial charge in [-0.3, -0.25) is 4.79 Å². The molecule has 1 fully saturated rings. The van der Waals surface area contributed by atoms with Gasteiger partial charge in [0, 0.05) is 19.5 Å². The first-order chi connectivity index (χ1) is 8.99. The Morgan fingerprint density at radius 1 is 1.37 bits per heavy atom. The predicted octanol–water partition coefficient (Wildman–Crippen LogP) is 0.330. The molecular formula is C12H24N2O4S. The summed E-state index contributed by atoms with van der Waals surface area (Å²) in [5.41, 5.74) is 5.51. The third kappa shape index (κ3) is 5.46. The van der Waals surface area contributed by atoms with E-state index in [1.807, 2.05) is 0 Å². The predicted molar refractivity (Wildman–Crippen MR) is 73.0 cm³/mol. The van der Waals surface area contributed by atoms with Crippen molar-refractivity contribution in [3.8, 4) is 0 Å². The molecular weight excluding hydrogens is 268 g/mol.